The summed E-state index contributed by atoms with van der Waals surface area (Å²) in [5, 5.41) is 17.7. The third-order valence-electron chi connectivity index (χ3n) is 3.51. The molecule has 3 aromatic rings. The molecule has 0 aliphatic rings. The Balaban J connectivity index is 1.97. The van der Waals surface area contributed by atoms with Gasteiger partial charge in [-0.1, -0.05) is 36.4 Å². The molecule has 2 N–H and O–H groups in total. The molecule has 0 fully saturated rings. The van der Waals surface area contributed by atoms with Gasteiger partial charge in [-0.05, 0) is 30.7 Å². The molecule has 0 spiro atoms. The molecule has 0 aliphatic carbocycles. The topological polar surface area (TPSA) is 73.9 Å². The molecule has 0 amide bonds. The van der Waals surface area contributed by atoms with E-state index in [1.807, 2.05) is 42.5 Å². The number of aromatic nitrogens is 1. The molecule has 1 heterocycles. The van der Waals surface area contributed by atoms with Crippen LogP contribution < -0.4 is 10.6 Å². The molecule has 5 nitrogen and oxygen atoms in total. The first-order valence-corrected chi connectivity index (χ1v) is 7.55. The number of rotatable bonds is 5. The molecule has 2 aromatic carbocycles. The summed E-state index contributed by atoms with van der Waals surface area (Å²) in [5.41, 5.74) is 1.14. The van der Waals surface area contributed by atoms with Gasteiger partial charge in [-0.2, -0.15) is 10.2 Å². The molecule has 1 aromatic heterocycles. The molecule has 3 rings (SSSR count). The van der Waals surface area contributed by atoms with E-state index in [4.69, 9.17) is 4.42 Å². The minimum absolute atomic E-state index is 0.262. The maximum Gasteiger partial charge on any atom is 0.233 e. The molecule has 23 heavy (non-hydrogen) atoms. The maximum atomic E-state index is 9.27. The fraction of sp³-hybridized carbons (Fsp3) is 0.222. The largest absolute Gasteiger partial charge is 0.419 e. The van der Waals surface area contributed by atoms with Gasteiger partial charge < -0.3 is 9.73 Å². The summed E-state index contributed by atoms with van der Waals surface area (Å²) in [7, 11) is 0. The van der Waals surface area contributed by atoms with E-state index in [1.54, 1.807) is 0 Å². The Morgan fingerprint density at radius 2 is 1.96 bits per heavy atom. The van der Waals surface area contributed by atoms with Gasteiger partial charge in [-0.25, -0.2) is 0 Å². The SMILES string of the molecule is CC(C)NCNc1oc(-c2cccc3ccccc23)nc1C#N. The lowest BCUT2D eigenvalue weighted by Crippen LogP contribution is -2.28. The van der Waals surface area contributed by atoms with Gasteiger partial charge in [-0.15, -0.1) is 0 Å². The van der Waals surface area contributed by atoms with E-state index in [0.717, 1.165) is 16.3 Å². The van der Waals surface area contributed by atoms with Gasteiger partial charge in [-0.3, -0.25) is 5.32 Å². The first-order valence-electron chi connectivity index (χ1n) is 7.55. The normalized spacial score (nSPS) is 10.9. The Bertz CT molecular complexity index is 856. The van der Waals surface area contributed by atoms with Crippen molar-refractivity contribution in [1.29, 1.82) is 5.26 Å². The Kier molecular flexibility index (Phi) is 4.26. The monoisotopic (exact) mass is 306 g/mol. The van der Waals surface area contributed by atoms with Crippen molar-refractivity contribution in [3.8, 4) is 17.5 Å². The van der Waals surface area contributed by atoms with Crippen LogP contribution in [-0.4, -0.2) is 17.7 Å². The van der Waals surface area contributed by atoms with Gasteiger partial charge in [0, 0.05) is 11.6 Å². The van der Waals surface area contributed by atoms with Crippen LogP contribution in [-0.2, 0) is 0 Å². The van der Waals surface area contributed by atoms with Gasteiger partial charge in [0.05, 0.1) is 6.67 Å². The van der Waals surface area contributed by atoms with E-state index in [0.29, 0.717) is 24.5 Å². The van der Waals surface area contributed by atoms with Crippen molar-refractivity contribution in [3.63, 3.8) is 0 Å². The molecular weight excluding hydrogens is 288 g/mol. The Labute approximate surface area is 135 Å². The number of nitriles is 1. The lowest BCUT2D eigenvalue weighted by molar-refractivity contribution is 0.566. The fourth-order valence-electron chi connectivity index (χ4n) is 2.38. The second-order valence-corrected chi connectivity index (χ2v) is 5.55. The maximum absolute atomic E-state index is 9.27. The number of oxazole rings is 1. The molecule has 0 aliphatic heterocycles. The van der Waals surface area contributed by atoms with Crippen molar-refractivity contribution in [2.75, 3.05) is 12.0 Å². The lowest BCUT2D eigenvalue weighted by atomic mass is 10.0. The van der Waals surface area contributed by atoms with E-state index in [1.165, 1.54) is 0 Å². The van der Waals surface area contributed by atoms with E-state index >= 15 is 0 Å². The first kappa shape index (κ1) is 15.1. The predicted octanol–water partition coefficient (Wildman–Crippen LogP) is 3.73. The quantitative estimate of drug-likeness (QED) is 0.703. The number of hydrogen-bond donors (Lipinski definition) is 2. The molecule has 0 saturated heterocycles. The van der Waals surface area contributed by atoms with Crippen molar-refractivity contribution < 1.29 is 4.42 Å². The highest BCUT2D eigenvalue weighted by Gasteiger charge is 2.15. The van der Waals surface area contributed by atoms with Crippen LogP contribution in [0.3, 0.4) is 0 Å². The first-order chi connectivity index (χ1) is 11.2. The molecule has 5 heteroatoms. The summed E-state index contributed by atoms with van der Waals surface area (Å²) >= 11 is 0. The molecule has 0 radical (unpaired) electrons. The third kappa shape index (κ3) is 3.17. The van der Waals surface area contributed by atoms with Gasteiger partial charge in [0.25, 0.3) is 0 Å². The zero-order valence-corrected chi connectivity index (χ0v) is 13.1. The zero-order chi connectivity index (χ0) is 16.2. The van der Waals surface area contributed by atoms with Gasteiger partial charge in [0.15, 0.2) is 0 Å². The van der Waals surface area contributed by atoms with E-state index < -0.39 is 0 Å². The number of benzene rings is 2. The highest BCUT2D eigenvalue weighted by atomic mass is 16.4. The summed E-state index contributed by atoms with van der Waals surface area (Å²) in [4.78, 5) is 4.33. The summed E-state index contributed by atoms with van der Waals surface area (Å²) in [5.74, 6) is 0.842. The molecule has 0 saturated carbocycles. The summed E-state index contributed by atoms with van der Waals surface area (Å²) in [6.45, 7) is 4.61. The second kappa shape index (κ2) is 6.51. The average Bonchev–Trinajstić information content (AvgIpc) is 2.97. The number of fused-ring (bicyclic) bond motifs is 1. The van der Waals surface area contributed by atoms with Crippen molar-refractivity contribution in [2.24, 2.45) is 0 Å². The molecule has 116 valence electrons. The van der Waals surface area contributed by atoms with Crippen LogP contribution in [0, 0.1) is 11.3 Å². The van der Waals surface area contributed by atoms with Crippen molar-refractivity contribution in [2.45, 2.75) is 19.9 Å². The molecule has 0 bridgehead atoms. The van der Waals surface area contributed by atoms with Crippen LogP contribution in [0.1, 0.15) is 19.5 Å². The molecule has 0 unspecified atom stereocenters. The van der Waals surface area contributed by atoms with Crippen LogP contribution in [0.5, 0.6) is 0 Å². The number of nitrogens with zero attached hydrogens (tertiary/aromatic N) is 2. The van der Waals surface area contributed by atoms with Crippen LogP contribution in [0.25, 0.3) is 22.2 Å². The summed E-state index contributed by atoms with van der Waals surface area (Å²) < 4.78 is 5.80. The highest BCUT2D eigenvalue weighted by molar-refractivity contribution is 5.94. The molecule has 0 atom stereocenters. The van der Waals surface area contributed by atoms with Crippen LogP contribution in [0.4, 0.5) is 5.88 Å². The van der Waals surface area contributed by atoms with Gasteiger partial charge in [0.2, 0.25) is 17.5 Å². The van der Waals surface area contributed by atoms with Crippen molar-refractivity contribution >= 4 is 16.7 Å². The van der Waals surface area contributed by atoms with Gasteiger partial charge >= 0.3 is 0 Å². The Morgan fingerprint density at radius 3 is 2.74 bits per heavy atom. The van der Waals surface area contributed by atoms with Crippen LogP contribution >= 0.6 is 0 Å². The fourth-order valence-corrected chi connectivity index (χ4v) is 2.38. The minimum atomic E-state index is 0.262. The zero-order valence-electron chi connectivity index (χ0n) is 13.1. The van der Waals surface area contributed by atoms with Crippen LogP contribution in [0.2, 0.25) is 0 Å². The highest BCUT2D eigenvalue weighted by Crippen LogP contribution is 2.30. The van der Waals surface area contributed by atoms with Gasteiger partial charge in [0.1, 0.15) is 6.07 Å². The predicted molar refractivity (Wildman–Crippen MR) is 90.9 cm³/mol. The average molecular weight is 306 g/mol. The van der Waals surface area contributed by atoms with E-state index in [9.17, 15) is 5.26 Å². The molecular formula is C18H18N4O. The van der Waals surface area contributed by atoms with E-state index in [-0.39, 0.29) is 5.69 Å². The minimum Gasteiger partial charge on any atom is -0.419 e. The number of anilines is 1. The standard InChI is InChI=1S/C18H18N4O/c1-12(2)20-11-21-18-16(10-19)22-17(23-18)15-9-5-7-13-6-3-4-8-14(13)15/h3-9,12,20-21H,11H2,1-2H3. The second-order valence-electron chi connectivity index (χ2n) is 5.55. The van der Waals surface area contributed by atoms with Crippen molar-refractivity contribution in [3.05, 3.63) is 48.2 Å². The van der Waals surface area contributed by atoms with E-state index in [2.05, 4.69) is 35.5 Å². The number of hydrogen-bond acceptors (Lipinski definition) is 5. The summed E-state index contributed by atoms with van der Waals surface area (Å²) in [6.07, 6.45) is 0. The summed E-state index contributed by atoms with van der Waals surface area (Å²) in [6, 6.07) is 16.4. The third-order valence-corrected chi connectivity index (χ3v) is 3.51. The van der Waals surface area contributed by atoms with Crippen molar-refractivity contribution in [1.82, 2.24) is 10.3 Å². The van der Waals surface area contributed by atoms with Crippen LogP contribution in [0.15, 0.2) is 46.9 Å². The number of nitrogens with one attached hydrogen (secondary N) is 2. The Morgan fingerprint density at radius 1 is 1.17 bits per heavy atom. The lowest BCUT2D eigenvalue weighted by Gasteiger charge is -2.08. The smallest absolute Gasteiger partial charge is 0.233 e. The Hall–Kier alpha value is -2.84.